The number of hydrogen-bond donors (Lipinski definition) is 0. The van der Waals surface area contributed by atoms with Gasteiger partial charge in [-0.1, -0.05) is 0 Å². The van der Waals surface area contributed by atoms with E-state index >= 15 is 0 Å². The van der Waals surface area contributed by atoms with E-state index in [9.17, 15) is 0 Å². The van der Waals surface area contributed by atoms with Crippen LogP contribution >= 0.6 is 0 Å². The van der Waals surface area contributed by atoms with Crippen LogP contribution in [0.3, 0.4) is 0 Å². The second-order valence-electron chi connectivity index (χ2n) is 0. The summed E-state index contributed by atoms with van der Waals surface area (Å²) < 4.78 is 0. The Morgan fingerprint density at radius 1 is 0.444 bits per heavy atom. The van der Waals surface area contributed by atoms with Gasteiger partial charge in [0.15, 0.2) is 0 Å². The van der Waals surface area contributed by atoms with Crippen molar-refractivity contribution < 1.29 is 54.6 Å². The molecule has 0 aromatic heterocycles. The average Bonchev–Trinajstić information content (AvgIpc) is 0. The third-order valence-corrected chi connectivity index (χ3v) is 0. The molecule has 0 aromatic rings. The van der Waals surface area contributed by atoms with E-state index in [2.05, 4.69) is 0 Å². The summed E-state index contributed by atoms with van der Waals surface area (Å²) in [5.74, 6) is 0. The summed E-state index contributed by atoms with van der Waals surface area (Å²) in [6.07, 6.45) is 0. The van der Waals surface area contributed by atoms with Crippen LogP contribution in [0.15, 0.2) is 0 Å². The summed E-state index contributed by atoms with van der Waals surface area (Å²) in [7, 11) is 0. The Morgan fingerprint density at radius 3 is 0.444 bits per heavy atom. The van der Waals surface area contributed by atoms with E-state index in [0.717, 1.165) is 0 Å². The van der Waals surface area contributed by atoms with Crippen LogP contribution in [0.4, 0.5) is 0 Å². The molecule has 0 saturated heterocycles. The summed E-state index contributed by atoms with van der Waals surface area (Å²) in [5.41, 5.74) is 0. The fourth-order valence-corrected chi connectivity index (χ4v) is 0. The van der Waals surface area contributed by atoms with Gasteiger partial charge in [0, 0.05) is 54.6 Å². The standard InChI is InChI=1S/2Cd.2Ga.2In.3Se.6H/q;;2*+3;;;3*-2;;;;;;. The van der Waals surface area contributed by atoms with Crippen molar-refractivity contribution in [2.24, 2.45) is 0 Å². The zero-order chi connectivity index (χ0) is 0. The third-order valence-electron chi connectivity index (χ3n) is 0. The van der Waals surface area contributed by atoms with Gasteiger partial charge in [0.1, 0.15) is 0 Å². The van der Waals surface area contributed by atoms with Gasteiger partial charge < -0.3 is 51.2 Å². The predicted molar refractivity (Wildman–Crippen MR) is 48.6 cm³/mol. The third kappa shape index (κ3) is 54.0. The number of hydrogen-bond acceptors (Lipinski definition) is 0. The Labute approximate surface area is 192 Å². The Morgan fingerprint density at radius 2 is 0.444 bits per heavy atom. The van der Waals surface area contributed by atoms with Gasteiger partial charge in [0.2, 0.25) is 0 Å². The van der Waals surface area contributed by atoms with Crippen molar-refractivity contribution in [3.8, 4) is 0 Å². The van der Waals surface area contributed by atoms with E-state index in [0.29, 0.717) is 0 Å². The van der Waals surface area contributed by atoms with Crippen molar-refractivity contribution in [3.63, 3.8) is 0 Å². The van der Waals surface area contributed by atoms with Crippen molar-refractivity contribution in [2.75, 3.05) is 0 Å². The minimum atomic E-state index is 0. The molecule has 0 saturated carbocycles. The first-order chi connectivity index (χ1) is 0. The smallest absolute Gasteiger partial charge is 2.00 e. The van der Waals surface area contributed by atoms with E-state index in [1.807, 2.05) is 0 Å². The van der Waals surface area contributed by atoms with E-state index in [1.165, 1.54) is 0 Å². The first-order valence-electron chi connectivity index (χ1n) is 0. The molecule has 0 radical (unpaired) electrons. The molecule has 9 heteroatoms. The minimum Gasteiger partial charge on any atom is -2.00 e. The maximum Gasteiger partial charge on any atom is -2.00 e. The van der Waals surface area contributed by atoms with Crippen molar-refractivity contribution in [2.45, 2.75) is 0 Å². The van der Waals surface area contributed by atoms with Crippen LogP contribution in [0.1, 0.15) is 0 Å². The van der Waals surface area contributed by atoms with Crippen molar-refractivity contribution in [1.29, 1.82) is 0 Å². The molecule has 0 nitrogen and oxygen atoms in total. The summed E-state index contributed by atoms with van der Waals surface area (Å²) in [5, 5.41) is 0. The molecular formula is H6Cd2Ga2In2Se3. The molecule has 0 aromatic carbocycles. The summed E-state index contributed by atoms with van der Waals surface area (Å²) in [4.78, 5) is 0. The molecule has 0 N–H and O–H groups in total. The molecule has 40 valence electrons. The van der Waals surface area contributed by atoms with Gasteiger partial charge in [-0.15, -0.1) is 0 Å². The second kappa shape index (κ2) is 63.0. The molecule has 0 heterocycles. The van der Waals surface area contributed by atoms with Gasteiger partial charge in [-0.2, -0.15) is 0 Å². The fourth-order valence-electron chi connectivity index (χ4n) is 0. The van der Waals surface area contributed by atoms with Crippen molar-refractivity contribution >= 4 is 142 Å². The summed E-state index contributed by atoms with van der Waals surface area (Å²) >= 11 is 0. The first-order valence-corrected chi connectivity index (χ1v) is 0. The zero-order valence-electron chi connectivity index (χ0n) is 3.79. The predicted octanol–water partition coefficient (Wildman–Crippen LogP) is -4.28. The Hall–Kier alpha value is 6.42. The van der Waals surface area contributed by atoms with E-state index in [-0.39, 0.29) is 197 Å². The Bertz CT molecular complexity index is 17.8. The monoisotopic (exact) mass is 841 g/mol. The number of rotatable bonds is 0. The molecule has 0 fully saturated rings. The van der Waals surface area contributed by atoms with Gasteiger partial charge in [-0.25, -0.2) is 0 Å². The molecule has 0 aliphatic heterocycles. The summed E-state index contributed by atoms with van der Waals surface area (Å²) in [6.45, 7) is 0. The van der Waals surface area contributed by atoms with Gasteiger partial charge >= 0.3 is 91.3 Å². The first kappa shape index (κ1) is 77.8. The fraction of sp³-hybridized carbons (Fsp3) is 0. The Kier molecular flexibility index (Phi) is 545. The SMILES string of the molecule is [Cd].[Cd].[Ga+3].[Ga+3].[InH3].[InH3].[Se-2].[Se-2].[Se-2]. The average molecular weight is 837 g/mol. The van der Waals surface area contributed by atoms with E-state index < -0.39 is 0 Å². The quantitative estimate of drug-likeness (QED) is 0.217. The molecule has 9 heavy (non-hydrogen) atoms. The topological polar surface area (TPSA) is 0 Å². The molecule has 0 atom stereocenters. The van der Waals surface area contributed by atoms with Gasteiger partial charge in [-0.3, -0.25) is 0 Å². The van der Waals surface area contributed by atoms with E-state index in [1.54, 1.807) is 0 Å². The van der Waals surface area contributed by atoms with Crippen LogP contribution in [0.2, 0.25) is 0 Å². The molecule has 0 rings (SSSR count). The summed E-state index contributed by atoms with van der Waals surface area (Å²) in [6, 6.07) is 0. The largest absolute Gasteiger partial charge is 2.00 e. The molecule has 0 aliphatic rings. The van der Waals surface area contributed by atoms with Crippen LogP contribution in [-0.2, 0) is 54.6 Å². The minimum absolute atomic E-state index is 0. The van der Waals surface area contributed by atoms with Crippen LogP contribution in [0.25, 0.3) is 0 Å². The van der Waals surface area contributed by atoms with Crippen LogP contribution in [0, 0.1) is 0 Å². The Balaban J connectivity index is 0. The van der Waals surface area contributed by atoms with Gasteiger partial charge in [0.25, 0.3) is 0 Å². The maximum atomic E-state index is 0. The van der Waals surface area contributed by atoms with Crippen molar-refractivity contribution in [1.82, 2.24) is 0 Å². The van der Waals surface area contributed by atoms with Crippen LogP contribution in [-0.4, -0.2) is 142 Å². The molecule has 0 aliphatic carbocycles. The second-order valence-corrected chi connectivity index (χ2v) is 0. The maximum absolute atomic E-state index is 0. The molecule has 0 bridgehead atoms. The van der Waals surface area contributed by atoms with Crippen molar-refractivity contribution in [3.05, 3.63) is 0 Å². The molecular weight excluding hydrogens is 831 g/mol. The van der Waals surface area contributed by atoms with Crippen LogP contribution < -0.4 is 0 Å². The van der Waals surface area contributed by atoms with Crippen LogP contribution in [0.5, 0.6) is 0 Å². The molecule has 0 amide bonds. The zero-order valence-corrected chi connectivity index (χ0v) is 21.9. The molecule has 0 unspecified atom stereocenters. The molecule has 0 spiro atoms. The van der Waals surface area contributed by atoms with Gasteiger partial charge in [-0.05, 0) is 0 Å². The normalized spacial score (nSPS) is 0. The van der Waals surface area contributed by atoms with E-state index in [4.69, 9.17) is 0 Å². The van der Waals surface area contributed by atoms with Gasteiger partial charge in [0.05, 0.1) is 0 Å².